The third-order valence-corrected chi connectivity index (χ3v) is 22.4. The molecule has 0 aliphatic heterocycles. The first-order chi connectivity index (χ1) is 18.2. The van der Waals surface area contributed by atoms with Crippen LogP contribution in [0.15, 0.2) is 60.7 Å². The summed E-state index contributed by atoms with van der Waals surface area (Å²) in [5, 5.41) is 0. The fourth-order valence-corrected chi connectivity index (χ4v) is 21.5. The number of rotatable bonds is 14. The molecule has 0 N–H and O–H groups in total. The van der Waals surface area contributed by atoms with Crippen LogP contribution in [-0.4, -0.2) is 18.4 Å². The molecule has 0 heterocycles. The van der Waals surface area contributed by atoms with E-state index in [0.29, 0.717) is 0 Å². The first-order valence-electron chi connectivity index (χ1n) is 14.7. The van der Waals surface area contributed by atoms with Crippen molar-refractivity contribution in [3.8, 4) is 23.7 Å². The average molecular weight is 599 g/mol. The molecule has 0 atom stereocenters. The van der Waals surface area contributed by atoms with Crippen LogP contribution in [0.2, 0.25) is 8.87 Å². The van der Waals surface area contributed by atoms with E-state index in [1.54, 1.807) is 7.16 Å². The molecule has 2 rings (SSSR count). The fraction of sp³-hybridized carbons (Fsp3) is 0.444. The number of unbranched alkanes of at least 4 members (excludes halogenated alkanes) is 6. The number of benzene rings is 2. The van der Waals surface area contributed by atoms with Gasteiger partial charge in [0, 0.05) is 0 Å². The molecule has 0 radical (unpaired) electrons. The Morgan fingerprint density at radius 1 is 0.568 bits per heavy atom. The van der Waals surface area contributed by atoms with Gasteiger partial charge in [-0.3, -0.25) is 0 Å². The minimum atomic E-state index is -3.06. The van der Waals surface area contributed by atoms with Gasteiger partial charge in [0.15, 0.2) is 0 Å². The van der Waals surface area contributed by atoms with Crippen LogP contribution in [0.1, 0.15) is 103 Å². The van der Waals surface area contributed by atoms with Crippen molar-refractivity contribution in [1.82, 2.24) is 0 Å². The zero-order valence-electron chi connectivity index (χ0n) is 23.9. The molecule has 0 nitrogen and oxygen atoms in total. The summed E-state index contributed by atoms with van der Waals surface area (Å²) in [5.41, 5.74) is 2.77. The molecule has 0 amide bonds. The second-order valence-corrected chi connectivity index (χ2v) is 22.1. The van der Waals surface area contributed by atoms with E-state index in [2.05, 4.69) is 124 Å². The quantitative estimate of drug-likeness (QED) is 0.115. The number of hydrogen-bond acceptors (Lipinski definition) is 0. The van der Waals surface area contributed by atoms with Crippen LogP contribution < -0.4 is 7.16 Å². The van der Waals surface area contributed by atoms with Gasteiger partial charge in [0.25, 0.3) is 0 Å². The van der Waals surface area contributed by atoms with Gasteiger partial charge in [0.2, 0.25) is 0 Å². The summed E-state index contributed by atoms with van der Waals surface area (Å²) in [5.74, 6) is 13.2. The molecule has 0 fully saturated rings. The molecular weight excluding hydrogens is 551 g/mol. The molecule has 0 unspecified atom stereocenters. The predicted molar refractivity (Wildman–Crippen MR) is 170 cm³/mol. The molecule has 0 saturated heterocycles. The van der Waals surface area contributed by atoms with Crippen LogP contribution in [0.3, 0.4) is 0 Å². The van der Waals surface area contributed by atoms with E-state index >= 15 is 0 Å². The molecule has 0 saturated carbocycles. The summed E-state index contributed by atoms with van der Waals surface area (Å²) in [6.07, 6.45) is 20.6. The van der Waals surface area contributed by atoms with Crippen molar-refractivity contribution >= 4 is 37.7 Å². The molecule has 196 valence electrons. The summed E-state index contributed by atoms with van der Waals surface area (Å²) < 4.78 is 5.98. The molecular formula is C36H48Sn. The third kappa shape index (κ3) is 10.3. The van der Waals surface area contributed by atoms with Gasteiger partial charge in [0.1, 0.15) is 0 Å². The molecule has 2 aromatic rings. The number of allylic oxidation sites excluding steroid dienone is 2. The second kappa shape index (κ2) is 19.0. The molecule has 0 aliphatic rings. The standard InChI is InChI=1S/2C14H15.2C4H9.Sn/c2*1-2-3-4-5-6-8-11-14-12-9-7-10-13-14;2*1-3-4-2;/h2*7-12H,2-4H2,1H3;2*1,3-4H2,2H3;/b2*11-8-;;;. The van der Waals surface area contributed by atoms with E-state index < -0.39 is 18.4 Å². The normalized spacial score (nSPS) is 11.4. The zero-order valence-corrected chi connectivity index (χ0v) is 26.8. The van der Waals surface area contributed by atoms with Gasteiger partial charge in [-0.15, -0.1) is 0 Å². The van der Waals surface area contributed by atoms with Crippen molar-refractivity contribution in [3.05, 3.63) is 71.8 Å². The van der Waals surface area contributed by atoms with Gasteiger partial charge in [-0.2, -0.15) is 0 Å². The monoisotopic (exact) mass is 600 g/mol. The van der Waals surface area contributed by atoms with E-state index in [9.17, 15) is 0 Å². The van der Waals surface area contributed by atoms with Crippen LogP contribution in [0.25, 0.3) is 12.2 Å². The summed E-state index contributed by atoms with van der Waals surface area (Å²) in [7, 11) is 0. The van der Waals surface area contributed by atoms with Crippen molar-refractivity contribution in [3.63, 3.8) is 0 Å². The van der Waals surface area contributed by atoms with Gasteiger partial charge in [-0.25, -0.2) is 0 Å². The summed E-state index contributed by atoms with van der Waals surface area (Å²) >= 11 is -3.06. The Bertz CT molecular complexity index is 1010. The first-order valence-corrected chi connectivity index (χ1v) is 21.6. The minimum absolute atomic E-state index is 0.986. The Kier molecular flexibility index (Phi) is 15.9. The van der Waals surface area contributed by atoms with Crippen molar-refractivity contribution < 1.29 is 0 Å². The first kappa shape index (κ1) is 31.1. The fourth-order valence-electron chi connectivity index (χ4n) is 4.98. The maximum atomic E-state index is 3.32. The Hall–Kier alpha value is -2.16. The van der Waals surface area contributed by atoms with Crippen LogP contribution in [0.5, 0.6) is 0 Å². The Morgan fingerprint density at radius 3 is 1.38 bits per heavy atom. The predicted octanol–water partition coefficient (Wildman–Crippen LogP) is 9.26. The SMILES string of the molecule is CCCCC#C/C=C\c1cccc[c]1[Sn]([CH2]CCC)([CH2]CCC)[c]1ccccc1/C=C\C#CCCCC. The summed E-state index contributed by atoms with van der Waals surface area (Å²) in [6.45, 7) is 9.12. The van der Waals surface area contributed by atoms with E-state index in [0.717, 1.165) is 12.8 Å². The van der Waals surface area contributed by atoms with Gasteiger partial charge in [-0.05, 0) is 0 Å². The number of hydrogen-bond donors (Lipinski definition) is 0. The van der Waals surface area contributed by atoms with Gasteiger partial charge in [-0.1, -0.05) is 0 Å². The van der Waals surface area contributed by atoms with Crippen molar-refractivity contribution in [1.29, 1.82) is 0 Å². The van der Waals surface area contributed by atoms with E-state index in [1.165, 1.54) is 71.4 Å². The van der Waals surface area contributed by atoms with E-state index in [-0.39, 0.29) is 0 Å². The van der Waals surface area contributed by atoms with Gasteiger partial charge in [0.05, 0.1) is 0 Å². The van der Waals surface area contributed by atoms with E-state index in [1.807, 2.05) is 0 Å². The molecule has 0 aromatic heterocycles. The van der Waals surface area contributed by atoms with Gasteiger partial charge >= 0.3 is 234 Å². The topological polar surface area (TPSA) is 0 Å². The third-order valence-electron chi connectivity index (χ3n) is 7.07. The second-order valence-electron chi connectivity index (χ2n) is 9.98. The molecule has 37 heavy (non-hydrogen) atoms. The van der Waals surface area contributed by atoms with Crippen molar-refractivity contribution in [2.75, 3.05) is 0 Å². The molecule has 2 aromatic carbocycles. The van der Waals surface area contributed by atoms with Gasteiger partial charge < -0.3 is 0 Å². The summed E-state index contributed by atoms with van der Waals surface area (Å²) in [6, 6.07) is 18.5. The van der Waals surface area contributed by atoms with Crippen LogP contribution in [0.4, 0.5) is 0 Å². The van der Waals surface area contributed by atoms with E-state index in [4.69, 9.17) is 0 Å². The molecule has 0 aliphatic carbocycles. The Labute approximate surface area is 232 Å². The average Bonchev–Trinajstić information content (AvgIpc) is 2.93. The zero-order chi connectivity index (χ0) is 26.6. The van der Waals surface area contributed by atoms with Crippen LogP contribution in [-0.2, 0) is 0 Å². The molecule has 0 spiro atoms. The molecule has 1 heteroatoms. The van der Waals surface area contributed by atoms with Crippen LogP contribution >= 0.6 is 0 Å². The Balaban J connectivity index is 2.61. The maximum absolute atomic E-state index is 3.32. The van der Waals surface area contributed by atoms with Crippen LogP contribution in [0, 0.1) is 23.7 Å². The molecule has 0 bridgehead atoms. The summed E-state index contributed by atoms with van der Waals surface area (Å²) in [4.78, 5) is 0. The van der Waals surface area contributed by atoms with Crippen molar-refractivity contribution in [2.24, 2.45) is 0 Å². The Morgan fingerprint density at radius 2 is 0.973 bits per heavy atom. The van der Waals surface area contributed by atoms with Crippen molar-refractivity contribution in [2.45, 2.75) is 101 Å².